The Balaban J connectivity index is 2.38. The highest BCUT2D eigenvalue weighted by molar-refractivity contribution is 7.54. The number of rotatable bonds is 3. The van der Waals surface area contributed by atoms with Crippen molar-refractivity contribution in [2.75, 3.05) is 19.4 Å². The van der Waals surface area contributed by atoms with Crippen molar-refractivity contribution in [1.29, 1.82) is 0 Å². The fourth-order valence-corrected chi connectivity index (χ4v) is 2.14. The highest BCUT2D eigenvalue weighted by Gasteiger charge is 2.23. The first-order valence-electron chi connectivity index (χ1n) is 3.91. The average molecular weight is 188 g/mol. The van der Waals surface area contributed by atoms with Gasteiger partial charge in [-0.05, 0) is 6.92 Å². The highest BCUT2D eigenvalue weighted by atomic mass is 31.2. The molecule has 1 rings (SSSR count). The van der Waals surface area contributed by atoms with E-state index in [1.165, 1.54) is 0 Å². The molecule has 0 fully saturated rings. The molecule has 0 spiro atoms. The van der Waals surface area contributed by atoms with E-state index in [9.17, 15) is 4.57 Å². The zero-order chi connectivity index (χ0) is 8.86. The van der Waals surface area contributed by atoms with Crippen LogP contribution in [0, 0.1) is 0 Å². The smallest absolute Gasteiger partial charge is 0.304 e. The quantitative estimate of drug-likeness (QED) is 0.503. The predicted octanol–water partition coefficient (Wildman–Crippen LogP) is 2.36. The molecule has 0 bridgehead atoms. The van der Waals surface area contributed by atoms with E-state index in [2.05, 4.69) is 0 Å². The van der Waals surface area contributed by atoms with Gasteiger partial charge in [-0.25, -0.2) is 0 Å². The molecule has 1 aliphatic heterocycles. The molecule has 1 atom stereocenters. The van der Waals surface area contributed by atoms with Gasteiger partial charge in [-0.2, -0.15) is 0 Å². The van der Waals surface area contributed by atoms with Gasteiger partial charge in [-0.15, -0.1) is 0 Å². The molecule has 12 heavy (non-hydrogen) atoms. The SMILES string of the molecule is C/C=C/COP1(=O)CC=CCO1. The lowest BCUT2D eigenvalue weighted by atomic mass is 10.6. The molecule has 0 N–H and O–H groups in total. The van der Waals surface area contributed by atoms with Crippen LogP contribution in [0.1, 0.15) is 6.92 Å². The number of hydrogen-bond donors (Lipinski definition) is 0. The Morgan fingerprint density at radius 2 is 2.50 bits per heavy atom. The molecular weight excluding hydrogens is 175 g/mol. The summed E-state index contributed by atoms with van der Waals surface area (Å²) in [6.45, 7) is 2.65. The molecule has 1 heterocycles. The van der Waals surface area contributed by atoms with Gasteiger partial charge in [0.2, 0.25) is 0 Å². The second-order valence-corrected chi connectivity index (χ2v) is 4.53. The van der Waals surface area contributed by atoms with Crippen LogP contribution in [0.5, 0.6) is 0 Å². The summed E-state index contributed by atoms with van der Waals surface area (Å²) in [7, 11) is -2.78. The summed E-state index contributed by atoms with van der Waals surface area (Å²) in [6, 6.07) is 0. The van der Waals surface area contributed by atoms with Crippen molar-refractivity contribution in [1.82, 2.24) is 0 Å². The molecule has 1 aliphatic rings. The minimum absolute atomic E-state index is 0.363. The van der Waals surface area contributed by atoms with E-state index >= 15 is 0 Å². The zero-order valence-electron chi connectivity index (χ0n) is 7.10. The lowest BCUT2D eigenvalue weighted by Crippen LogP contribution is -2.03. The highest BCUT2D eigenvalue weighted by Crippen LogP contribution is 2.49. The monoisotopic (exact) mass is 188 g/mol. The molecule has 0 aromatic carbocycles. The Bertz CT molecular complexity index is 232. The summed E-state index contributed by atoms with van der Waals surface area (Å²) in [5.41, 5.74) is 0. The van der Waals surface area contributed by atoms with E-state index in [1.807, 2.05) is 25.2 Å². The van der Waals surface area contributed by atoms with Crippen LogP contribution in [-0.4, -0.2) is 19.4 Å². The Morgan fingerprint density at radius 3 is 3.08 bits per heavy atom. The predicted molar refractivity (Wildman–Crippen MR) is 48.3 cm³/mol. The molecule has 0 aromatic heterocycles. The van der Waals surface area contributed by atoms with E-state index in [0.29, 0.717) is 19.4 Å². The van der Waals surface area contributed by atoms with Gasteiger partial charge in [0.25, 0.3) is 0 Å². The molecule has 0 saturated carbocycles. The van der Waals surface area contributed by atoms with Crippen molar-refractivity contribution in [2.45, 2.75) is 6.92 Å². The van der Waals surface area contributed by atoms with Gasteiger partial charge in [-0.3, -0.25) is 4.57 Å². The van der Waals surface area contributed by atoms with Gasteiger partial charge in [0.05, 0.1) is 19.4 Å². The number of allylic oxidation sites excluding steroid dienone is 2. The van der Waals surface area contributed by atoms with Crippen LogP contribution in [0.25, 0.3) is 0 Å². The first kappa shape index (κ1) is 9.72. The van der Waals surface area contributed by atoms with Gasteiger partial charge in [0, 0.05) is 0 Å². The molecule has 0 amide bonds. The molecule has 68 valence electrons. The molecule has 1 unspecified atom stereocenters. The van der Waals surface area contributed by atoms with Gasteiger partial charge < -0.3 is 9.05 Å². The zero-order valence-corrected chi connectivity index (χ0v) is 8.00. The third kappa shape index (κ3) is 2.94. The van der Waals surface area contributed by atoms with Crippen LogP contribution < -0.4 is 0 Å². The second kappa shape index (κ2) is 4.61. The summed E-state index contributed by atoms with van der Waals surface area (Å²) >= 11 is 0. The second-order valence-electron chi connectivity index (χ2n) is 2.43. The van der Waals surface area contributed by atoms with E-state index in [1.54, 1.807) is 6.08 Å². The lowest BCUT2D eigenvalue weighted by molar-refractivity contribution is 0.235. The summed E-state index contributed by atoms with van der Waals surface area (Å²) in [5, 5.41) is 0. The third-order valence-electron chi connectivity index (χ3n) is 1.47. The van der Waals surface area contributed by atoms with Crippen molar-refractivity contribution in [3.8, 4) is 0 Å². The molecule has 0 radical (unpaired) electrons. The van der Waals surface area contributed by atoms with Crippen LogP contribution in [-0.2, 0) is 13.6 Å². The van der Waals surface area contributed by atoms with E-state index in [4.69, 9.17) is 9.05 Å². The van der Waals surface area contributed by atoms with Crippen LogP contribution in [0.3, 0.4) is 0 Å². The van der Waals surface area contributed by atoms with Crippen molar-refractivity contribution in [3.05, 3.63) is 24.3 Å². The fourth-order valence-electron chi connectivity index (χ4n) is 0.824. The normalized spacial score (nSPS) is 29.8. The Hall–Kier alpha value is -0.370. The van der Waals surface area contributed by atoms with Crippen molar-refractivity contribution in [3.63, 3.8) is 0 Å². The van der Waals surface area contributed by atoms with E-state index in [0.717, 1.165) is 0 Å². The van der Waals surface area contributed by atoms with Crippen LogP contribution in [0.15, 0.2) is 24.3 Å². The maximum atomic E-state index is 11.6. The Morgan fingerprint density at radius 1 is 1.67 bits per heavy atom. The maximum absolute atomic E-state index is 11.6. The molecule has 4 heteroatoms. The molecule has 0 aliphatic carbocycles. The number of hydrogen-bond acceptors (Lipinski definition) is 3. The molecular formula is C8H13O3P. The van der Waals surface area contributed by atoms with Crippen molar-refractivity contribution < 1.29 is 13.6 Å². The van der Waals surface area contributed by atoms with Crippen LogP contribution in [0.2, 0.25) is 0 Å². The average Bonchev–Trinajstić information content (AvgIpc) is 2.06. The minimum atomic E-state index is -2.78. The van der Waals surface area contributed by atoms with Crippen molar-refractivity contribution >= 4 is 7.60 Å². The summed E-state index contributed by atoms with van der Waals surface area (Å²) in [4.78, 5) is 0. The van der Waals surface area contributed by atoms with E-state index < -0.39 is 7.60 Å². The van der Waals surface area contributed by atoms with Crippen molar-refractivity contribution in [2.24, 2.45) is 0 Å². The standard InChI is InChI=1S/C8H13O3P/c1-2-3-6-10-12(9)8-5-4-7-11-12/h2-5H,6-8H2,1H3/b3-2+. The lowest BCUT2D eigenvalue weighted by Gasteiger charge is -2.17. The third-order valence-corrected chi connectivity index (χ3v) is 3.21. The summed E-state index contributed by atoms with van der Waals surface area (Å²) in [5.74, 6) is 0. The van der Waals surface area contributed by atoms with Crippen LogP contribution >= 0.6 is 7.60 Å². The van der Waals surface area contributed by atoms with Gasteiger partial charge in [0.1, 0.15) is 0 Å². The van der Waals surface area contributed by atoms with Gasteiger partial charge in [0.15, 0.2) is 0 Å². The fraction of sp³-hybridized carbons (Fsp3) is 0.500. The topological polar surface area (TPSA) is 35.5 Å². The molecule has 3 nitrogen and oxygen atoms in total. The first-order chi connectivity index (χ1) is 5.77. The van der Waals surface area contributed by atoms with E-state index in [-0.39, 0.29) is 0 Å². The summed E-state index contributed by atoms with van der Waals surface area (Å²) in [6.07, 6.45) is 7.73. The van der Waals surface area contributed by atoms with Gasteiger partial charge in [-0.1, -0.05) is 24.3 Å². The van der Waals surface area contributed by atoms with Crippen LogP contribution in [0.4, 0.5) is 0 Å². The first-order valence-corrected chi connectivity index (χ1v) is 5.64. The molecule has 0 aromatic rings. The largest absolute Gasteiger partial charge is 0.335 e. The maximum Gasteiger partial charge on any atom is 0.335 e. The molecule has 0 saturated heterocycles. The Labute approximate surface area is 72.6 Å². The van der Waals surface area contributed by atoms with Gasteiger partial charge >= 0.3 is 7.60 Å². The summed E-state index contributed by atoms with van der Waals surface area (Å²) < 4.78 is 21.7. The minimum Gasteiger partial charge on any atom is -0.304 e. The Kier molecular flexibility index (Phi) is 3.73.